The lowest BCUT2D eigenvalue weighted by Gasteiger charge is -2.05. The fourth-order valence-corrected chi connectivity index (χ4v) is 2.62. The molecule has 0 aliphatic heterocycles. The van der Waals surface area contributed by atoms with Crippen molar-refractivity contribution < 1.29 is 0 Å². The van der Waals surface area contributed by atoms with E-state index >= 15 is 0 Å². The maximum atomic E-state index is 5.78. The molecule has 2 aromatic heterocycles. The minimum Gasteiger partial charge on any atom is -0.325 e. The third-order valence-electron chi connectivity index (χ3n) is 3.04. The standard InChI is InChI=1S/C14H13BrN4/c15-11-4-1-3-10(7-11)8-14-18-17-13-6-2-5-12(9-16)19(13)14/h1-7H,8-9,16H2. The van der Waals surface area contributed by atoms with E-state index in [4.69, 9.17) is 5.73 Å². The lowest BCUT2D eigenvalue weighted by molar-refractivity contribution is 0.871. The number of nitrogens with two attached hydrogens (primary N) is 1. The first-order valence-electron chi connectivity index (χ1n) is 6.04. The minimum absolute atomic E-state index is 0.473. The van der Waals surface area contributed by atoms with Crippen LogP contribution in [-0.2, 0) is 13.0 Å². The Bertz CT molecular complexity index is 720. The van der Waals surface area contributed by atoms with Crippen molar-refractivity contribution in [2.24, 2.45) is 5.73 Å². The van der Waals surface area contributed by atoms with Crippen LogP contribution in [0.1, 0.15) is 17.1 Å². The summed E-state index contributed by atoms with van der Waals surface area (Å²) < 4.78 is 3.10. The number of hydrogen-bond donors (Lipinski definition) is 1. The molecule has 0 atom stereocenters. The monoisotopic (exact) mass is 316 g/mol. The first-order chi connectivity index (χ1) is 9.28. The first kappa shape index (κ1) is 12.3. The van der Waals surface area contributed by atoms with Gasteiger partial charge in [0.25, 0.3) is 0 Å². The first-order valence-corrected chi connectivity index (χ1v) is 6.83. The highest BCUT2D eigenvalue weighted by molar-refractivity contribution is 9.10. The van der Waals surface area contributed by atoms with Crippen molar-refractivity contribution in [2.45, 2.75) is 13.0 Å². The zero-order chi connectivity index (χ0) is 13.2. The maximum Gasteiger partial charge on any atom is 0.161 e. The summed E-state index contributed by atoms with van der Waals surface area (Å²) in [6.45, 7) is 0.473. The number of pyridine rings is 1. The number of aromatic nitrogens is 3. The Balaban J connectivity index is 2.06. The van der Waals surface area contributed by atoms with Gasteiger partial charge in [0.1, 0.15) is 5.82 Å². The second-order valence-corrected chi connectivity index (χ2v) is 5.25. The van der Waals surface area contributed by atoms with E-state index in [1.807, 2.05) is 34.7 Å². The van der Waals surface area contributed by atoms with Crippen LogP contribution in [-0.4, -0.2) is 14.6 Å². The molecule has 0 radical (unpaired) electrons. The molecule has 0 saturated carbocycles. The Hall–Kier alpha value is -1.72. The molecule has 0 unspecified atom stereocenters. The van der Waals surface area contributed by atoms with E-state index in [2.05, 4.69) is 38.3 Å². The second-order valence-electron chi connectivity index (χ2n) is 4.34. The highest BCUT2D eigenvalue weighted by Gasteiger charge is 2.09. The number of fused-ring (bicyclic) bond motifs is 1. The Morgan fingerprint density at radius 2 is 1.95 bits per heavy atom. The van der Waals surface area contributed by atoms with Gasteiger partial charge in [-0.1, -0.05) is 34.1 Å². The lowest BCUT2D eigenvalue weighted by atomic mass is 10.1. The van der Waals surface area contributed by atoms with Crippen LogP contribution in [0.4, 0.5) is 0 Å². The third-order valence-corrected chi connectivity index (χ3v) is 3.53. The molecule has 0 spiro atoms. The number of rotatable bonds is 3. The summed E-state index contributed by atoms with van der Waals surface area (Å²) in [7, 11) is 0. The molecule has 0 aliphatic carbocycles. The van der Waals surface area contributed by atoms with Gasteiger partial charge in [0.2, 0.25) is 0 Å². The van der Waals surface area contributed by atoms with E-state index in [1.54, 1.807) is 0 Å². The summed E-state index contributed by atoms with van der Waals surface area (Å²) in [5.74, 6) is 0.911. The van der Waals surface area contributed by atoms with Gasteiger partial charge in [0.05, 0.1) is 0 Å². The van der Waals surface area contributed by atoms with E-state index < -0.39 is 0 Å². The molecule has 2 heterocycles. The van der Waals surface area contributed by atoms with Crippen LogP contribution in [0.15, 0.2) is 46.9 Å². The highest BCUT2D eigenvalue weighted by Crippen LogP contribution is 2.16. The third kappa shape index (κ3) is 2.39. The van der Waals surface area contributed by atoms with Crippen LogP contribution < -0.4 is 5.73 Å². The quantitative estimate of drug-likeness (QED) is 0.808. The average Bonchev–Trinajstić information content (AvgIpc) is 2.82. The number of hydrogen-bond acceptors (Lipinski definition) is 3. The number of halogens is 1. The van der Waals surface area contributed by atoms with Crippen LogP contribution in [0.3, 0.4) is 0 Å². The van der Waals surface area contributed by atoms with E-state index in [1.165, 1.54) is 5.56 Å². The average molecular weight is 317 g/mol. The summed E-state index contributed by atoms with van der Waals surface area (Å²) in [4.78, 5) is 0. The summed E-state index contributed by atoms with van der Waals surface area (Å²) >= 11 is 3.48. The fourth-order valence-electron chi connectivity index (χ4n) is 2.17. The van der Waals surface area contributed by atoms with Gasteiger partial charge in [0.15, 0.2) is 5.65 Å². The predicted octanol–water partition coefficient (Wildman–Crippen LogP) is 2.54. The topological polar surface area (TPSA) is 56.2 Å². The van der Waals surface area contributed by atoms with Crippen molar-refractivity contribution in [2.75, 3.05) is 0 Å². The molecule has 96 valence electrons. The molecule has 0 bridgehead atoms. The smallest absolute Gasteiger partial charge is 0.161 e. The number of benzene rings is 1. The largest absolute Gasteiger partial charge is 0.325 e. The van der Waals surface area contributed by atoms with E-state index in [9.17, 15) is 0 Å². The highest BCUT2D eigenvalue weighted by atomic mass is 79.9. The van der Waals surface area contributed by atoms with Crippen LogP contribution >= 0.6 is 15.9 Å². The molecule has 19 heavy (non-hydrogen) atoms. The normalized spacial score (nSPS) is 11.1. The lowest BCUT2D eigenvalue weighted by Crippen LogP contribution is -2.07. The zero-order valence-electron chi connectivity index (χ0n) is 10.3. The maximum absolute atomic E-state index is 5.78. The van der Waals surface area contributed by atoms with Crippen molar-refractivity contribution in [1.29, 1.82) is 0 Å². The summed E-state index contributed by atoms with van der Waals surface area (Å²) in [5, 5.41) is 8.46. The van der Waals surface area contributed by atoms with E-state index in [0.29, 0.717) is 6.54 Å². The van der Waals surface area contributed by atoms with Gasteiger partial charge in [-0.15, -0.1) is 10.2 Å². The molecule has 0 amide bonds. The van der Waals surface area contributed by atoms with Gasteiger partial charge in [-0.25, -0.2) is 0 Å². The van der Waals surface area contributed by atoms with Crippen LogP contribution in [0, 0.1) is 0 Å². The molecule has 2 N–H and O–H groups in total. The van der Waals surface area contributed by atoms with Gasteiger partial charge < -0.3 is 5.73 Å². The van der Waals surface area contributed by atoms with Gasteiger partial charge in [0, 0.05) is 23.1 Å². The summed E-state index contributed by atoms with van der Waals surface area (Å²) in [6.07, 6.45) is 0.734. The Morgan fingerprint density at radius 3 is 2.74 bits per heavy atom. The van der Waals surface area contributed by atoms with E-state index in [0.717, 1.165) is 28.1 Å². The number of nitrogens with zero attached hydrogens (tertiary/aromatic N) is 3. The van der Waals surface area contributed by atoms with Gasteiger partial charge >= 0.3 is 0 Å². The zero-order valence-corrected chi connectivity index (χ0v) is 11.8. The summed E-state index contributed by atoms with van der Waals surface area (Å²) in [6, 6.07) is 14.1. The molecule has 5 heteroatoms. The molecule has 1 aromatic carbocycles. The predicted molar refractivity (Wildman–Crippen MR) is 77.8 cm³/mol. The molecule has 3 aromatic rings. The molecule has 3 rings (SSSR count). The van der Waals surface area contributed by atoms with Crippen LogP contribution in [0.25, 0.3) is 5.65 Å². The molecular formula is C14H13BrN4. The Morgan fingerprint density at radius 1 is 1.11 bits per heavy atom. The molecule has 0 saturated heterocycles. The molecule has 0 fully saturated rings. The summed E-state index contributed by atoms with van der Waals surface area (Å²) in [5.41, 5.74) is 8.83. The van der Waals surface area contributed by atoms with E-state index in [-0.39, 0.29) is 0 Å². The Kier molecular flexibility index (Phi) is 3.31. The Labute approximate surface area is 119 Å². The van der Waals surface area contributed by atoms with Crippen molar-refractivity contribution >= 4 is 21.6 Å². The van der Waals surface area contributed by atoms with Crippen LogP contribution in [0.2, 0.25) is 0 Å². The second kappa shape index (κ2) is 5.11. The molecule has 4 nitrogen and oxygen atoms in total. The van der Waals surface area contributed by atoms with Gasteiger partial charge in [-0.05, 0) is 29.8 Å². The van der Waals surface area contributed by atoms with Crippen molar-refractivity contribution in [3.63, 3.8) is 0 Å². The van der Waals surface area contributed by atoms with Crippen molar-refractivity contribution in [1.82, 2.24) is 14.6 Å². The molecular weight excluding hydrogens is 304 g/mol. The fraction of sp³-hybridized carbons (Fsp3) is 0.143. The van der Waals surface area contributed by atoms with Gasteiger partial charge in [-0.2, -0.15) is 0 Å². The van der Waals surface area contributed by atoms with Crippen molar-refractivity contribution in [3.05, 3.63) is 64.0 Å². The van der Waals surface area contributed by atoms with Crippen LogP contribution in [0.5, 0.6) is 0 Å². The minimum atomic E-state index is 0.473. The van der Waals surface area contributed by atoms with Gasteiger partial charge in [-0.3, -0.25) is 4.40 Å². The SMILES string of the molecule is NCc1cccc2nnc(Cc3cccc(Br)c3)n12. The van der Waals surface area contributed by atoms with Crippen molar-refractivity contribution in [3.8, 4) is 0 Å². The molecule has 0 aliphatic rings.